The second-order valence-electron chi connectivity index (χ2n) is 5.00. The SMILES string of the molecule is COc1ccc2c(Cl)c(C(=O)Nc3ccc(C(N)=O)cc3)sc2c1. The summed E-state index contributed by atoms with van der Waals surface area (Å²) in [5.74, 6) is -0.129. The maximum atomic E-state index is 12.5. The molecule has 0 radical (unpaired) electrons. The number of carbonyl (C=O) groups is 2. The van der Waals surface area contributed by atoms with Crippen molar-refractivity contribution in [3.63, 3.8) is 0 Å². The van der Waals surface area contributed by atoms with Crippen molar-refractivity contribution in [3.8, 4) is 5.75 Å². The van der Waals surface area contributed by atoms with Crippen molar-refractivity contribution >= 4 is 50.5 Å². The number of carbonyl (C=O) groups excluding carboxylic acids is 2. The third-order valence-corrected chi connectivity index (χ3v) is 5.13. The van der Waals surface area contributed by atoms with E-state index < -0.39 is 5.91 Å². The number of primary amides is 1. The van der Waals surface area contributed by atoms with Gasteiger partial charge in [-0.2, -0.15) is 0 Å². The summed E-state index contributed by atoms with van der Waals surface area (Å²) in [7, 11) is 1.58. The molecule has 0 aliphatic carbocycles. The van der Waals surface area contributed by atoms with Gasteiger partial charge < -0.3 is 15.8 Å². The van der Waals surface area contributed by atoms with Crippen LogP contribution in [0, 0.1) is 0 Å². The molecule has 2 amide bonds. The highest BCUT2D eigenvalue weighted by Crippen LogP contribution is 2.37. The van der Waals surface area contributed by atoms with E-state index in [4.69, 9.17) is 22.1 Å². The molecule has 3 rings (SSSR count). The smallest absolute Gasteiger partial charge is 0.267 e. The molecule has 24 heavy (non-hydrogen) atoms. The van der Waals surface area contributed by atoms with Crippen LogP contribution in [-0.2, 0) is 0 Å². The fourth-order valence-corrected chi connectivity index (χ4v) is 3.66. The fraction of sp³-hybridized carbons (Fsp3) is 0.0588. The van der Waals surface area contributed by atoms with Crippen LogP contribution in [0.4, 0.5) is 5.69 Å². The molecule has 7 heteroatoms. The minimum Gasteiger partial charge on any atom is -0.497 e. The van der Waals surface area contributed by atoms with Gasteiger partial charge in [0.15, 0.2) is 0 Å². The molecule has 1 heterocycles. The molecule has 0 spiro atoms. The van der Waals surface area contributed by atoms with Crippen LogP contribution in [0.5, 0.6) is 5.75 Å². The summed E-state index contributed by atoms with van der Waals surface area (Å²) in [6.07, 6.45) is 0. The summed E-state index contributed by atoms with van der Waals surface area (Å²) in [5.41, 5.74) is 6.12. The molecule has 1 aromatic heterocycles. The average Bonchev–Trinajstić information content (AvgIpc) is 2.91. The number of halogens is 1. The standard InChI is InChI=1S/C17H13ClN2O3S/c1-23-11-6-7-12-13(8-11)24-15(14(12)18)17(22)20-10-4-2-9(3-5-10)16(19)21/h2-8H,1H3,(H2,19,21)(H,20,22). The van der Waals surface area contributed by atoms with Crippen LogP contribution in [0.2, 0.25) is 5.02 Å². The number of thiophene rings is 1. The lowest BCUT2D eigenvalue weighted by molar-refractivity contribution is 0.0998. The Hall–Kier alpha value is -2.57. The van der Waals surface area contributed by atoms with Crippen LogP contribution in [0.25, 0.3) is 10.1 Å². The number of hydrogen-bond donors (Lipinski definition) is 2. The fourth-order valence-electron chi connectivity index (χ4n) is 2.22. The van der Waals surface area contributed by atoms with Crippen LogP contribution in [0.1, 0.15) is 20.0 Å². The molecule has 3 aromatic rings. The maximum Gasteiger partial charge on any atom is 0.267 e. The Morgan fingerprint density at radius 1 is 1.17 bits per heavy atom. The monoisotopic (exact) mass is 360 g/mol. The molecule has 0 saturated heterocycles. The van der Waals surface area contributed by atoms with E-state index in [1.807, 2.05) is 12.1 Å². The Balaban J connectivity index is 1.88. The first-order valence-corrected chi connectivity index (χ1v) is 8.16. The molecule has 0 bridgehead atoms. The first kappa shape index (κ1) is 16.3. The summed E-state index contributed by atoms with van der Waals surface area (Å²) in [6, 6.07) is 11.8. The van der Waals surface area contributed by atoms with E-state index >= 15 is 0 Å². The number of ether oxygens (including phenoxy) is 1. The summed E-state index contributed by atoms with van der Waals surface area (Å²) in [5, 5.41) is 3.97. The van der Waals surface area contributed by atoms with Gasteiger partial charge >= 0.3 is 0 Å². The molecular weight excluding hydrogens is 348 g/mol. The van der Waals surface area contributed by atoms with E-state index in [2.05, 4.69) is 5.32 Å². The number of amides is 2. The van der Waals surface area contributed by atoms with Gasteiger partial charge in [-0.05, 0) is 42.5 Å². The number of benzene rings is 2. The first-order valence-electron chi connectivity index (χ1n) is 6.97. The van der Waals surface area contributed by atoms with E-state index in [0.29, 0.717) is 26.9 Å². The van der Waals surface area contributed by atoms with Crippen molar-refractivity contribution in [2.75, 3.05) is 12.4 Å². The molecule has 0 unspecified atom stereocenters. The van der Waals surface area contributed by atoms with Gasteiger partial charge in [0.05, 0.1) is 12.1 Å². The summed E-state index contributed by atoms with van der Waals surface area (Å²) in [6.45, 7) is 0. The molecule has 122 valence electrons. The number of hydrogen-bond acceptors (Lipinski definition) is 4. The van der Waals surface area contributed by atoms with Crippen LogP contribution >= 0.6 is 22.9 Å². The number of fused-ring (bicyclic) bond motifs is 1. The van der Waals surface area contributed by atoms with Crippen molar-refractivity contribution in [3.05, 3.63) is 57.9 Å². The van der Waals surface area contributed by atoms with E-state index in [1.165, 1.54) is 11.3 Å². The molecule has 0 saturated carbocycles. The van der Waals surface area contributed by atoms with Crippen molar-refractivity contribution in [2.45, 2.75) is 0 Å². The van der Waals surface area contributed by atoms with Crippen LogP contribution < -0.4 is 15.8 Å². The highest BCUT2D eigenvalue weighted by atomic mass is 35.5. The molecule has 5 nitrogen and oxygen atoms in total. The predicted molar refractivity (Wildman–Crippen MR) is 96.3 cm³/mol. The summed E-state index contributed by atoms with van der Waals surface area (Å²) >= 11 is 7.62. The summed E-state index contributed by atoms with van der Waals surface area (Å²) < 4.78 is 6.05. The van der Waals surface area contributed by atoms with Gasteiger partial charge in [-0.3, -0.25) is 9.59 Å². The quantitative estimate of drug-likeness (QED) is 0.740. The largest absolute Gasteiger partial charge is 0.497 e. The topological polar surface area (TPSA) is 81.4 Å². The zero-order chi connectivity index (χ0) is 17.3. The van der Waals surface area contributed by atoms with Crippen molar-refractivity contribution in [2.24, 2.45) is 5.73 Å². The molecule has 3 N–H and O–H groups in total. The molecule has 0 aliphatic heterocycles. The number of methoxy groups -OCH3 is 1. The highest BCUT2D eigenvalue weighted by Gasteiger charge is 2.17. The van der Waals surface area contributed by atoms with Gasteiger partial charge in [0.1, 0.15) is 10.6 Å². The van der Waals surface area contributed by atoms with Crippen molar-refractivity contribution < 1.29 is 14.3 Å². The van der Waals surface area contributed by atoms with Gasteiger partial charge in [0.2, 0.25) is 5.91 Å². The lowest BCUT2D eigenvalue weighted by atomic mass is 10.2. The third-order valence-electron chi connectivity index (χ3n) is 3.47. The number of nitrogens with two attached hydrogens (primary N) is 1. The van der Waals surface area contributed by atoms with Crippen molar-refractivity contribution in [1.82, 2.24) is 0 Å². The van der Waals surface area contributed by atoms with Gasteiger partial charge in [0.25, 0.3) is 5.91 Å². The zero-order valence-electron chi connectivity index (χ0n) is 12.6. The minimum atomic E-state index is -0.519. The first-order chi connectivity index (χ1) is 11.5. The third kappa shape index (κ3) is 3.06. The molecule has 0 atom stereocenters. The Bertz CT molecular complexity index is 935. The Morgan fingerprint density at radius 2 is 1.88 bits per heavy atom. The molecule has 0 fully saturated rings. The van der Waals surface area contributed by atoms with Gasteiger partial charge in [0, 0.05) is 21.3 Å². The number of nitrogens with one attached hydrogen (secondary N) is 1. The summed E-state index contributed by atoms with van der Waals surface area (Å²) in [4.78, 5) is 23.9. The number of anilines is 1. The normalized spacial score (nSPS) is 10.6. The lowest BCUT2D eigenvalue weighted by Crippen LogP contribution is -2.12. The van der Waals surface area contributed by atoms with E-state index in [0.717, 1.165) is 10.1 Å². The van der Waals surface area contributed by atoms with Gasteiger partial charge in [-0.25, -0.2) is 0 Å². The lowest BCUT2D eigenvalue weighted by Gasteiger charge is -2.04. The highest BCUT2D eigenvalue weighted by molar-refractivity contribution is 7.21. The Kier molecular flexibility index (Phi) is 4.42. The maximum absolute atomic E-state index is 12.5. The second kappa shape index (κ2) is 6.51. The van der Waals surface area contributed by atoms with E-state index in [-0.39, 0.29) is 5.91 Å². The van der Waals surface area contributed by atoms with Crippen molar-refractivity contribution in [1.29, 1.82) is 0 Å². The Morgan fingerprint density at radius 3 is 2.50 bits per heavy atom. The molecule has 2 aromatic carbocycles. The molecule has 0 aliphatic rings. The average molecular weight is 361 g/mol. The minimum absolute atomic E-state index is 0.313. The van der Waals surface area contributed by atoms with E-state index in [1.54, 1.807) is 37.4 Å². The van der Waals surface area contributed by atoms with E-state index in [9.17, 15) is 9.59 Å². The second-order valence-corrected chi connectivity index (χ2v) is 6.43. The zero-order valence-corrected chi connectivity index (χ0v) is 14.2. The predicted octanol–water partition coefficient (Wildman–Crippen LogP) is 3.91. The van der Waals surface area contributed by atoms with Crippen LogP contribution in [0.3, 0.4) is 0 Å². The molecular formula is C17H13ClN2O3S. The van der Waals surface area contributed by atoms with Crippen LogP contribution in [0.15, 0.2) is 42.5 Å². The van der Waals surface area contributed by atoms with Crippen LogP contribution in [-0.4, -0.2) is 18.9 Å². The van der Waals surface area contributed by atoms with Gasteiger partial charge in [-0.15, -0.1) is 11.3 Å². The Labute approximate surface area is 147 Å². The van der Waals surface area contributed by atoms with Gasteiger partial charge in [-0.1, -0.05) is 11.6 Å². The number of rotatable bonds is 4.